The third-order valence-electron chi connectivity index (χ3n) is 2.25. The molecule has 0 aliphatic heterocycles. The summed E-state index contributed by atoms with van der Waals surface area (Å²) < 4.78 is 30.4. The summed E-state index contributed by atoms with van der Waals surface area (Å²) in [4.78, 5) is 15.3. The van der Waals surface area contributed by atoms with E-state index in [1.165, 1.54) is 25.6 Å². The van der Waals surface area contributed by atoms with Crippen LogP contribution in [0.3, 0.4) is 0 Å². The van der Waals surface area contributed by atoms with Crippen LogP contribution in [-0.2, 0) is 16.1 Å². The summed E-state index contributed by atoms with van der Waals surface area (Å²) in [5.41, 5.74) is 0.502. The van der Waals surface area contributed by atoms with Crippen LogP contribution in [0, 0.1) is 11.6 Å². The first-order valence-corrected chi connectivity index (χ1v) is 5.52. The maximum absolute atomic E-state index is 12.9. The van der Waals surface area contributed by atoms with E-state index in [0.717, 1.165) is 12.1 Å². The van der Waals surface area contributed by atoms with Crippen LogP contribution < -0.4 is 5.32 Å². The average molecular weight is 268 g/mol. The van der Waals surface area contributed by atoms with Gasteiger partial charge in [-0.05, 0) is 30.7 Å². The van der Waals surface area contributed by atoms with Gasteiger partial charge in [-0.1, -0.05) is 6.07 Å². The Morgan fingerprint density at radius 1 is 1.42 bits per heavy atom. The lowest BCUT2D eigenvalue weighted by Crippen LogP contribution is -2.24. The predicted octanol–water partition coefficient (Wildman–Crippen LogP) is 2.16. The highest BCUT2D eigenvalue weighted by Crippen LogP contribution is 2.09. The second-order valence-electron chi connectivity index (χ2n) is 3.55. The highest BCUT2D eigenvalue weighted by atomic mass is 19.2. The molecular formula is C13H14F2N2O2. The molecule has 4 nitrogen and oxygen atoms in total. The number of halogens is 2. The normalized spacial score (nSPS) is 11.7. The number of hydrogen-bond acceptors (Lipinski definition) is 3. The topological polar surface area (TPSA) is 50.7 Å². The number of hydrogen-bond donors (Lipinski definition) is 1. The molecule has 102 valence electrons. The number of allylic oxidation sites excluding steroid dienone is 1. The Kier molecular flexibility index (Phi) is 5.66. The molecule has 1 aromatic rings. The van der Waals surface area contributed by atoms with Crippen molar-refractivity contribution < 1.29 is 18.3 Å². The Bertz CT molecular complexity index is 513. The van der Waals surface area contributed by atoms with Crippen LogP contribution in [0.15, 0.2) is 35.0 Å². The summed E-state index contributed by atoms with van der Waals surface area (Å²) in [6, 6.07) is 3.51. The number of carbonyl (C=O) groups is 1. The summed E-state index contributed by atoms with van der Waals surface area (Å²) in [5.74, 6) is -2.09. The fourth-order valence-electron chi connectivity index (χ4n) is 1.31. The lowest BCUT2D eigenvalue weighted by Gasteiger charge is -2.02. The van der Waals surface area contributed by atoms with Crippen LogP contribution in [0.25, 0.3) is 0 Å². The molecule has 0 aliphatic carbocycles. The van der Waals surface area contributed by atoms with Gasteiger partial charge in [0.15, 0.2) is 17.4 Å². The van der Waals surface area contributed by atoms with Crippen molar-refractivity contribution in [2.24, 2.45) is 4.99 Å². The molecule has 0 heterocycles. The van der Waals surface area contributed by atoms with E-state index in [9.17, 15) is 13.6 Å². The molecule has 1 amide bonds. The molecule has 6 heteroatoms. The first kappa shape index (κ1) is 14.8. The van der Waals surface area contributed by atoms with Crippen molar-refractivity contribution in [3.63, 3.8) is 0 Å². The van der Waals surface area contributed by atoms with Crippen LogP contribution in [0.4, 0.5) is 8.78 Å². The van der Waals surface area contributed by atoms with Crippen molar-refractivity contribution >= 4 is 12.2 Å². The molecule has 1 aromatic carbocycles. The van der Waals surface area contributed by atoms with Gasteiger partial charge in [-0.25, -0.2) is 8.78 Å². The molecule has 0 fully saturated rings. The first-order chi connectivity index (χ1) is 9.08. The fraction of sp³-hybridized carbons (Fsp3) is 0.231. The molecule has 19 heavy (non-hydrogen) atoms. The zero-order valence-electron chi connectivity index (χ0n) is 10.6. The number of aliphatic imine (C=N–C) groups is 1. The van der Waals surface area contributed by atoms with E-state index >= 15 is 0 Å². The Hall–Kier alpha value is -2.24. The van der Waals surface area contributed by atoms with E-state index in [1.54, 1.807) is 6.92 Å². The monoisotopic (exact) mass is 268 g/mol. The zero-order chi connectivity index (χ0) is 14.3. The van der Waals surface area contributed by atoms with Crippen LogP contribution >= 0.6 is 0 Å². The number of nitrogens with zero attached hydrogens (tertiary/aromatic N) is 1. The fourth-order valence-corrected chi connectivity index (χ4v) is 1.31. The first-order valence-electron chi connectivity index (χ1n) is 5.52. The van der Waals surface area contributed by atoms with E-state index in [4.69, 9.17) is 4.74 Å². The molecule has 1 rings (SSSR count). The van der Waals surface area contributed by atoms with E-state index in [0.29, 0.717) is 5.56 Å². The van der Waals surface area contributed by atoms with Crippen molar-refractivity contribution in [2.75, 3.05) is 7.11 Å². The van der Waals surface area contributed by atoms with E-state index in [-0.39, 0.29) is 12.3 Å². The smallest absolute Gasteiger partial charge is 0.291 e. The molecule has 0 saturated heterocycles. The number of benzene rings is 1. The van der Waals surface area contributed by atoms with Crippen LogP contribution in [-0.4, -0.2) is 19.4 Å². The van der Waals surface area contributed by atoms with Crippen LogP contribution in [0.5, 0.6) is 0 Å². The molecular weight excluding hydrogens is 254 g/mol. The summed E-state index contributed by atoms with van der Waals surface area (Å²) >= 11 is 0. The lowest BCUT2D eigenvalue weighted by molar-refractivity contribution is -0.118. The number of amides is 1. The molecule has 0 atom stereocenters. The largest absolute Gasteiger partial charge is 0.491 e. The standard InChI is InChI=1S/C13H14F2N2O2/c1-3-12(19-2)13(18)17-8-16-7-9-4-5-10(14)11(15)6-9/h3-6,8H,7H2,1-2H3,(H,16,17,18)/b12-3+. The van der Waals surface area contributed by atoms with Gasteiger partial charge in [-0.2, -0.15) is 0 Å². The van der Waals surface area contributed by atoms with Crippen LogP contribution in [0.2, 0.25) is 0 Å². The third-order valence-corrected chi connectivity index (χ3v) is 2.25. The average Bonchev–Trinajstić information content (AvgIpc) is 2.40. The number of nitrogens with one attached hydrogen (secondary N) is 1. The minimum atomic E-state index is -0.924. The number of rotatable bonds is 5. The van der Waals surface area contributed by atoms with Crippen molar-refractivity contribution in [2.45, 2.75) is 13.5 Å². The van der Waals surface area contributed by atoms with Crippen LogP contribution in [0.1, 0.15) is 12.5 Å². The summed E-state index contributed by atoms with van der Waals surface area (Å²) in [7, 11) is 1.38. The summed E-state index contributed by atoms with van der Waals surface area (Å²) in [6.07, 6.45) is 2.70. The van der Waals surface area contributed by atoms with Gasteiger partial charge in [-0.3, -0.25) is 9.79 Å². The molecule has 0 aromatic heterocycles. The Morgan fingerprint density at radius 3 is 2.74 bits per heavy atom. The second kappa shape index (κ2) is 7.25. The van der Waals surface area contributed by atoms with Gasteiger partial charge < -0.3 is 10.1 Å². The van der Waals surface area contributed by atoms with Gasteiger partial charge in [0.1, 0.15) is 0 Å². The molecule has 0 saturated carbocycles. The van der Waals surface area contributed by atoms with Gasteiger partial charge >= 0.3 is 0 Å². The van der Waals surface area contributed by atoms with Gasteiger partial charge in [0.05, 0.1) is 20.0 Å². The summed E-state index contributed by atoms with van der Waals surface area (Å²) in [6.45, 7) is 1.80. The zero-order valence-corrected chi connectivity index (χ0v) is 10.6. The van der Waals surface area contributed by atoms with Crippen molar-refractivity contribution in [3.8, 4) is 0 Å². The quantitative estimate of drug-likeness (QED) is 0.385. The van der Waals surface area contributed by atoms with Gasteiger partial charge in [0.2, 0.25) is 0 Å². The molecule has 0 radical (unpaired) electrons. The molecule has 0 bridgehead atoms. The van der Waals surface area contributed by atoms with Crippen molar-refractivity contribution in [1.29, 1.82) is 0 Å². The Morgan fingerprint density at radius 2 is 2.16 bits per heavy atom. The van der Waals surface area contributed by atoms with Crippen molar-refractivity contribution in [1.82, 2.24) is 5.32 Å². The summed E-state index contributed by atoms with van der Waals surface area (Å²) in [5, 5.41) is 2.39. The predicted molar refractivity (Wildman–Crippen MR) is 67.5 cm³/mol. The third kappa shape index (κ3) is 4.50. The maximum Gasteiger partial charge on any atom is 0.291 e. The molecule has 0 unspecified atom stereocenters. The Labute approximate surface area is 109 Å². The maximum atomic E-state index is 12.9. The minimum absolute atomic E-state index is 0.135. The van der Waals surface area contributed by atoms with E-state index < -0.39 is 17.5 Å². The highest BCUT2D eigenvalue weighted by Gasteiger charge is 2.05. The lowest BCUT2D eigenvalue weighted by atomic mass is 10.2. The van der Waals surface area contributed by atoms with E-state index in [1.807, 2.05) is 0 Å². The number of carbonyl (C=O) groups excluding carboxylic acids is 1. The number of ether oxygens (including phenoxy) is 1. The van der Waals surface area contributed by atoms with Gasteiger partial charge in [-0.15, -0.1) is 0 Å². The van der Waals surface area contributed by atoms with E-state index in [2.05, 4.69) is 10.3 Å². The number of methoxy groups -OCH3 is 1. The Balaban J connectivity index is 2.50. The molecule has 1 N–H and O–H groups in total. The van der Waals surface area contributed by atoms with Gasteiger partial charge in [0.25, 0.3) is 5.91 Å². The molecule has 0 spiro atoms. The highest BCUT2D eigenvalue weighted by molar-refractivity contribution is 5.98. The minimum Gasteiger partial charge on any atom is -0.491 e. The second-order valence-corrected chi connectivity index (χ2v) is 3.55. The molecule has 0 aliphatic rings. The van der Waals surface area contributed by atoms with Gasteiger partial charge in [0, 0.05) is 0 Å². The SMILES string of the molecule is C/C=C(/OC)C(=O)NC=NCc1ccc(F)c(F)c1. The van der Waals surface area contributed by atoms with Crippen molar-refractivity contribution in [3.05, 3.63) is 47.2 Å².